The van der Waals surface area contributed by atoms with E-state index in [2.05, 4.69) is 0 Å². The molecule has 0 aliphatic rings. The lowest BCUT2D eigenvalue weighted by Crippen LogP contribution is -2.11. The molecule has 78 valence electrons. The molecule has 1 rings (SSSR count). The fourth-order valence-corrected chi connectivity index (χ4v) is 1.39. The van der Waals surface area contributed by atoms with E-state index < -0.39 is 0 Å². The van der Waals surface area contributed by atoms with Crippen molar-refractivity contribution in [3.8, 4) is 0 Å². The topological polar surface area (TPSA) is 0 Å². The molecule has 0 heterocycles. The molecule has 0 saturated heterocycles. The summed E-state index contributed by atoms with van der Waals surface area (Å²) in [5.41, 5.74) is 0.795. The first kappa shape index (κ1) is 11.2. The zero-order chi connectivity index (χ0) is 10.9. The number of benzene rings is 1. The molecule has 1 aromatic rings. The van der Waals surface area contributed by atoms with E-state index in [1.54, 1.807) is 6.92 Å². The molecule has 0 saturated carbocycles. The summed E-state index contributed by atoms with van der Waals surface area (Å²) in [7, 11) is 0. The predicted octanol–water partition coefficient (Wildman–Crippen LogP) is 3.86. The lowest BCUT2D eigenvalue weighted by Gasteiger charge is -2.18. The lowest BCUT2D eigenvalue weighted by atomic mass is 9.87. The molecule has 0 aliphatic carbocycles. The Bertz CT molecular complexity index is 335. The molecule has 0 aromatic heterocycles. The maximum absolute atomic E-state index is 13.4. The fraction of sp³-hybridized carbons (Fsp3) is 0.500. The largest absolute Gasteiger partial charge is 0.207 e. The number of halogens is 2. The van der Waals surface area contributed by atoms with E-state index in [4.69, 9.17) is 0 Å². The molecular formula is C12H16F2. The maximum atomic E-state index is 13.4. The Labute approximate surface area is 84.0 Å². The molecule has 0 spiro atoms. The highest BCUT2D eigenvalue weighted by Gasteiger charge is 2.15. The summed E-state index contributed by atoms with van der Waals surface area (Å²) in [5.74, 6) is -0.635. The average Bonchev–Trinajstić information content (AvgIpc) is 1.97. The van der Waals surface area contributed by atoms with Crippen molar-refractivity contribution in [1.29, 1.82) is 0 Å². The van der Waals surface area contributed by atoms with Crippen molar-refractivity contribution < 1.29 is 8.78 Å². The fourth-order valence-electron chi connectivity index (χ4n) is 1.39. The van der Waals surface area contributed by atoms with Crippen LogP contribution < -0.4 is 0 Å². The molecule has 0 aliphatic heterocycles. The van der Waals surface area contributed by atoms with Gasteiger partial charge in [0.2, 0.25) is 0 Å². The summed E-state index contributed by atoms with van der Waals surface area (Å²) in [6.45, 7) is 7.58. The van der Waals surface area contributed by atoms with E-state index >= 15 is 0 Å². The normalized spacial score (nSPS) is 11.9. The van der Waals surface area contributed by atoms with Crippen LogP contribution in [-0.4, -0.2) is 0 Å². The van der Waals surface area contributed by atoms with Gasteiger partial charge in [-0.2, -0.15) is 0 Å². The summed E-state index contributed by atoms with van der Waals surface area (Å²) in [4.78, 5) is 0. The van der Waals surface area contributed by atoms with Gasteiger partial charge in [-0.25, -0.2) is 8.78 Å². The molecule has 2 heteroatoms. The predicted molar refractivity (Wildman–Crippen MR) is 54.3 cm³/mol. The van der Waals surface area contributed by atoms with Crippen molar-refractivity contribution in [3.63, 3.8) is 0 Å². The minimum atomic E-state index is -0.328. The number of aryl methyl sites for hydroxylation is 1. The van der Waals surface area contributed by atoms with Crippen LogP contribution in [0.25, 0.3) is 0 Å². The second-order valence-electron chi connectivity index (χ2n) is 4.93. The van der Waals surface area contributed by atoms with Gasteiger partial charge in [-0.1, -0.05) is 20.8 Å². The lowest BCUT2D eigenvalue weighted by molar-refractivity contribution is 0.400. The van der Waals surface area contributed by atoms with Crippen LogP contribution in [-0.2, 0) is 6.42 Å². The maximum Gasteiger partial charge on any atom is 0.126 e. The Morgan fingerprint density at radius 1 is 1.07 bits per heavy atom. The van der Waals surface area contributed by atoms with E-state index in [0.717, 1.165) is 0 Å². The molecule has 0 atom stereocenters. The summed E-state index contributed by atoms with van der Waals surface area (Å²) >= 11 is 0. The standard InChI is InChI=1S/C12H16F2/c1-8-5-11(14)9(6-10(8)13)7-12(2,3)4/h5-6H,7H2,1-4H3. The van der Waals surface area contributed by atoms with Crippen molar-refractivity contribution in [1.82, 2.24) is 0 Å². The van der Waals surface area contributed by atoms with Crippen LogP contribution in [0.4, 0.5) is 8.78 Å². The molecule has 0 radical (unpaired) electrons. The van der Waals surface area contributed by atoms with Crippen LogP contribution in [0.15, 0.2) is 12.1 Å². The van der Waals surface area contributed by atoms with Gasteiger partial charge in [-0.3, -0.25) is 0 Å². The molecule has 14 heavy (non-hydrogen) atoms. The number of hydrogen-bond acceptors (Lipinski definition) is 0. The Morgan fingerprint density at radius 3 is 2.14 bits per heavy atom. The molecule has 0 N–H and O–H groups in total. The van der Waals surface area contributed by atoms with Crippen LogP contribution >= 0.6 is 0 Å². The number of hydrogen-bond donors (Lipinski definition) is 0. The van der Waals surface area contributed by atoms with Crippen molar-refractivity contribution in [2.75, 3.05) is 0 Å². The zero-order valence-electron chi connectivity index (χ0n) is 9.12. The third-order valence-corrected chi connectivity index (χ3v) is 2.05. The van der Waals surface area contributed by atoms with E-state index in [1.165, 1.54) is 12.1 Å². The quantitative estimate of drug-likeness (QED) is 0.642. The van der Waals surface area contributed by atoms with Gasteiger partial charge in [0.15, 0.2) is 0 Å². The Balaban J connectivity index is 3.04. The summed E-state index contributed by atoms with van der Waals surface area (Å²) < 4.78 is 26.6. The SMILES string of the molecule is Cc1cc(F)c(CC(C)(C)C)cc1F. The van der Waals surface area contributed by atoms with Gasteiger partial charge < -0.3 is 0 Å². The van der Waals surface area contributed by atoms with Gasteiger partial charge >= 0.3 is 0 Å². The highest BCUT2D eigenvalue weighted by atomic mass is 19.1. The van der Waals surface area contributed by atoms with Gasteiger partial charge in [-0.05, 0) is 42.0 Å². The van der Waals surface area contributed by atoms with Gasteiger partial charge in [0, 0.05) is 0 Å². The van der Waals surface area contributed by atoms with Crippen molar-refractivity contribution in [2.24, 2.45) is 5.41 Å². The van der Waals surface area contributed by atoms with E-state index in [-0.39, 0.29) is 17.0 Å². The van der Waals surface area contributed by atoms with Crippen LogP contribution in [0.1, 0.15) is 31.9 Å². The third-order valence-electron chi connectivity index (χ3n) is 2.05. The monoisotopic (exact) mass is 198 g/mol. The van der Waals surface area contributed by atoms with Gasteiger partial charge in [-0.15, -0.1) is 0 Å². The third kappa shape index (κ3) is 2.79. The van der Waals surface area contributed by atoms with Crippen LogP contribution in [0.5, 0.6) is 0 Å². The summed E-state index contributed by atoms with van der Waals surface area (Å²) in [5, 5.41) is 0. The minimum absolute atomic E-state index is 0.0253. The highest BCUT2D eigenvalue weighted by Crippen LogP contribution is 2.24. The highest BCUT2D eigenvalue weighted by molar-refractivity contribution is 5.25. The van der Waals surface area contributed by atoms with Gasteiger partial charge in [0.05, 0.1) is 0 Å². The molecule has 0 fully saturated rings. The first-order valence-electron chi connectivity index (χ1n) is 4.74. The van der Waals surface area contributed by atoms with Crippen LogP contribution in [0.3, 0.4) is 0 Å². The zero-order valence-corrected chi connectivity index (χ0v) is 9.12. The van der Waals surface area contributed by atoms with E-state index in [0.29, 0.717) is 17.5 Å². The number of rotatable bonds is 1. The molecule has 0 amide bonds. The smallest absolute Gasteiger partial charge is 0.126 e. The first-order chi connectivity index (χ1) is 6.29. The van der Waals surface area contributed by atoms with Crippen molar-refractivity contribution in [2.45, 2.75) is 34.1 Å². The Morgan fingerprint density at radius 2 is 1.64 bits per heavy atom. The first-order valence-corrected chi connectivity index (χ1v) is 4.74. The van der Waals surface area contributed by atoms with E-state index in [1.807, 2.05) is 20.8 Å². The second kappa shape index (κ2) is 3.68. The van der Waals surface area contributed by atoms with E-state index in [9.17, 15) is 8.78 Å². The summed E-state index contributed by atoms with van der Waals surface area (Å²) in [6, 6.07) is 2.56. The second-order valence-corrected chi connectivity index (χ2v) is 4.93. The molecule has 1 aromatic carbocycles. The van der Waals surface area contributed by atoms with Crippen LogP contribution in [0, 0.1) is 24.0 Å². The Kier molecular flexibility index (Phi) is 2.93. The molecular weight excluding hydrogens is 182 g/mol. The molecule has 0 nitrogen and oxygen atoms in total. The van der Waals surface area contributed by atoms with Crippen molar-refractivity contribution in [3.05, 3.63) is 34.9 Å². The minimum Gasteiger partial charge on any atom is -0.207 e. The van der Waals surface area contributed by atoms with Gasteiger partial charge in [0.25, 0.3) is 0 Å². The summed E-state index contributed by atoms with van der Waals surface area (Å²) in [6.07, 6.45) is 0.552. The van der Waals surface area contributed by atoms with Crippen molar-refractivity contribution >= 4 is 0 Å². The molecule has 0 unspecified atom stereocenters. The van der Waals surface area contributed by atoms with Gasteiger partial charge in [0.1, 0.15) is 11.6 Å². The average molecular weight is 198 g/mol. The van der Waals surface area contributed by atoms with Crippen LogP contribution in [0.2, 0.25) is 0 Å². The molecule has 0 bridgehead atoms. The Hall–Kier alpha value is -0.920.